The van der Waals surface area contributed by atoms with Gasteiger partial charge in [0.05, 0.1) is 5.92 Å². The first-order valence-electron chi connectivity index (χ1n) is 15.6. The molecule has 0 aliphatic carbocycles. The highest BCUT2D eigenvalue weighted by Crippen LogP contribution is 2.44. The van der Waals surface area contributed by atoms with E-state index in [1.165, 1.54) is 77.0 Å². The lowest BCUT2D eigenvalue weighted by Gasteiger charge is -2.46. The van der Waals surface area contributed by atoms with Crippen molar-refractivity contribution in [3.8, 4) is 0 Å². The molecule has 1 aliphatic heterocycles. The van der Waals surface area contributed by atoms with Crippen LogP contribution in [0, 0.1) is 5.92 Å². The molecule has 3 atom stereocenters. The molecular formula is C31H62O3Si. The summed E-state index contributed by atoms with van der Waals surface area (Å²) < 4.78 is 13.0. The Bertz CT molecular complexity index is 524. The zero-order chi connectivity index (χ0) is 26.3. The van der Waals surface area contributed by atoms with E-state index in [0.717, 1.165) is 25.7 Å². The second-order valence-corrected chi connectivity index (χ2v) is 17.7. The Hall–Kier alpha value is -0.353. The van der Waals surface area contributed by atoms with Crippen LogP contribution < -0.4 is 0 Å². The maximum atomic E-state index is 12.3. The number of unbranched alkanes of at least 4 members (excludes halogenated alkanes) is 11. The molecular weight excluding hydrogens is 448 g/mol. The van der Waals surface area contributed by atoms with Gasteiger partial charge in [0.1, 0.15) is 6.10 Å². The molecule has 0 aromatic heterocycles. The van der Waals surface area contributed by atoms with Gasteiger partial charge in [-0.15, -0.1) is 0 Å². The summed E-state index contributed by atoms with van der Waals surface area (Å²) in [5.74, 6) is 0.141. The summed E-state index contributed by atoms with van der Waals surface area (Å²) in [6, 6.07) is 0. The Kier molecular flexibility index (Phi) is 16.8. The van der Waals surface area contributed by atoms with E-state index in [9.17, 15) is 4.79 Å². The van der Waals surface area contributed by atoms with E-state index in [1.807, 2.05) is 0 Å². The monoisotopic (exact) mass is 510 g/mol. The van der Waals surface area contributed by atoms with Crippen LogP contribution in [0.4, 0.5) is 0 Å². The number of carbonyl (C=O) groups is 1. The Morgan fingerprint density at radius 1 is 0.714 bits per heavy atom. The first-order valence-corrected chi connectivity index (χ1v) is 17.7. The molecule has 208 valence electrons. The molecule has 1 rings (SSSR count). The van der Waals surface area contributed by atoms with E-state index in [-0.39, 0.29) is 24.1 Å². The third-order valence-corrected chi connectivity index (χ3v) is 14.7. The zero-order valence-electron chi connectivity index (χ0n) is 25.0. The lowest BCUT2D eigenvalue weighted by atomic mass is 9.86. The lowest BCUT2D eigenvalue weighted by Crippen LogP contribution is -2.52. The smallest absolute Gasteiger partial charge is 0.313 e. The molecule has 0 spiro atoms. The van der Waals surface area contributed by atoms with Gasteiger partial charge in [-0.25, -0.2) is 0 Å². The molecule has 1 heterocycles. The highest BCUT2D eigenvalue weighted by molar-refractivity contribution is 6.77. The number of carbonyl (C=O) groups excluding carboxylic acids is 1. The standard InChI is InChI=1S/C31H62O3Si/c1-9-11-13-15-16-17-18-19-20-22-28(34-35(25(3)4,26(5)6)27(7)8)24-30-29(31(32)33-30)23-21-14-12-10-2/h25-30H,9-24H2,1-8H3/t28-,29-,30?/m0/s1. The minimum Gasteiger partial charge on any atom is -0.461 e. The fourth-order valence-electron chi connectivity index (χ4n) is 6.57. The summed E-state index contributed by atoms with van der Waals surface area (Å²) in [6.07, 6.45) is 20.4. The second kappa shape index (κ2) is 18.0. The predicted molar refractivity (Wildman–Crippen MR) is 155 cm³/mol. The summed E-state index contributed by atoms with van der Waals surface area (Å²) in [4.78, 5) is 12.3. The fourth-order valence-corrected chi connectivity index (χ4v) is 12.2. The van der Waals surface area contributed by atoms with Gasteiger partial charge < -0.3 is 9.16 Å². The third kappa shape index (κ3) is 10.9. The predicted octanol–water partition coefficient (Wildman–Crippen LogP) is 10.4. The van der Waals surface area contributed by atoms with Crippen molar-refractivity contribution in [3.05, 3.63) is 0 Å². The Morgan fingerprint density at radius 2 is 1.17 bits per heavy atom. The molecule has 0 bridgehead atoms. The van der Waals surface area contributed by atoms with Crippen LogP contribution in [0.3, 0.4) is 0 Å². The van der Waals surface area contributed by atoms with Gasteiger partial charge >= 0.3 is 5.97 Å². The van der Waals surface area contributed by atoms with Crippen LogP contribution in [0.5, 0.6) is 0 Å². The Morgan fingerprint density at radius 3 is 1.63 bits per heavy atom. The van der Waals surface area contributed by atoms with E-state index < -0.39 is 8.32 Å². The van der Waals surface area contributed by atoms with Crippen LogP contribution in [-0.2, 0) is 14.0 Å². The molecule has 1 saturated heterocycles. The van der Waals surface area contributed by atoms with Crippen molar-refractivity contribution in [1.82, 2.24) is 0 Å². The minimum atomic E-state index is -1.96. The summed E-state index contributed by atoms with van der Waals surface area (Å²) >= 11 is 0. The summed E-state index contributed by atoms with van der Waals surface area (Å²) in [5, 5.41) is 0. The van der Waals surface area contributed by atoms with Crippen LogP contribution in [0.25, 0.3) is 0 Å². The molecule has 35 heavy (non-hydrogen) atoms. The largest absolute Gasteiger partial charge is 0.461 e. The first-order chi connectivity index (χ1) is 16.7. The maximum Gasteiger partial charge on any atom is 0.313 e. The number of hydrogen-bond acceptors (Lipinski definition) is 3. The van der Waals surface area contributed by atoms with Crippen LogP contribution in [0.15, 0.2) is 0 Å². The third-order valence-electron chi connectivity index (χ3n) is 8.59. The topological polar surface area (TPSA) is 35.5 Å². The fraction of sp³-hybridized carbons (Fsp3) is 0.968. The van der Waals surface area contributed by atoms with Crippen molar-refractivity contribution in [2.75, 3.05) is 0 Å². The quantitative estimate of drug-likeness (QED) is 0.0825. The zero-order valence-corrected chi connectivity index (χ0v) is 26.0. The normalized spacial score (nSPS) is 19.5. The number of rotatable bonds is 22. The van der Waals surface area contributed by atoms with E-state index in [2.05, 4.69) is 55.4 Å². The van der Waals surface area contributed by atoms with Crippen molar-refractivity contribution in [1.29, 1.82) is 0 Å². The Labute approximate surface area is 221 Å². The average molecular weight is 511 g/mol. The molecule has 0 saturated carbocycles. The van der Waals surface area contributed by atoms with Gasteiger partial charge in [-0.2, -0.15) is 0 Å². The summed E-state index contributed by atoms with van der Waals surface area (Å²) in [7, 11) is -1.96. The molecule has 1 aliphatic rings. The molecule has 3 nitrogen and oxygen atoms in total. The number of ether oxygens (including phenoxy) is 1. The Balaban J connectivity index is 2.72. The van der Waals surface area contributed by atoms with E-state index in [4.69, 9.17) is 9.16 Å². The van der Waals surface area contributed by atoms with Gasteiger partial charge in [0.15, 0.2) is 0 Å². The lowest BCUT2D eigenvalue weighted by molar-refractivity contribution is -0.188. The average Bonchev–Trinajstić information content (AvgIpc) is 2.79. The highest BCUT2D eigenvalue weighted by atomic mass is 28.4. The van der Waals surface area contributed by atoms with Crippen molar-refractivity contribution < 1.29 is 14.0 Å². The minimum absolute atomic E-state index is 0.0356. The van der Waals surface area contributed by atoms with Crippen molar-refractivity contribution in [3.63, 3.8) is 0 Å². The van der Waals surface area contributed by atoms with E-state index >= 15 is 0 Å². The molecule has 0 N–H and O–H groups in total. The number of cyclic esters (lactones) is 1. The molecule has 0 radical (unpaired) electrons. The van der Waals surface area contributed by atoms with Crippen LogP contribution >= 0.6 is 0 Å². The van der Waals surface area contributed by atoms with Crippen LogP contribution in [-0.4, -0.2) is 26.5 Å². The summed E-state index contributed by atoms with van der Waals surface area (Å²) in [5.41, 5.74) is 1.76. The SMILES string of the molecule is CCCCCCCCCCC[C@@H](CC1OC(=O)[C@H]1CCCCCC)O[Si](C(C)C)(C(C)C)C(C)C. The van der Waals surface area contributed by atoms with Crippen molar-refractivity contribution >= 4 is 14.3 Å². The van der Waals surface area contributed by atoms with Crippen LogP contribution in [0.2, 0.25) is 16.6 Å². The van der Waals surface area contributed by atoms with E-state index in [0.29, 0.717) is 16.6 Å². The van der Waals surface area contributed by atoms with Gasteiger partial charge in [-0.05, 0) is 29.5 Å². The molecule has 4 heteroatoms. The molecule has 0 aromatic carbocycles. The van der Waals surface area contributed by atoms with Crippen molar-refractivity contribution in [2.45, 2.75) is 187 Å². The number of hydrogen-bond donors (Lipinski definition) is 0. The van der Waals surface area contributed by atoms with Crippen LogP contribution in [0.1, 0.15) is 158 Å². The van der Waals surface area contributed by atoms with Crippen molar-refractivity contribution in [2.24, 2.45) is 5.92 Å². The van der Waals surface area contributed by atoms with E-state index in [1.54, 1.807) is 0 Å². The molecule has 0 aromatic rings. The molecule has 0 amide bonds. The maximum absolute atomic E-state index is 12.3. The summed E-state index contributed by atoms with van der Waals surface area (Å²) in [6.45, 7) is 18.8. The van der Waals surface area contributed by atoms with Gasteiger partial charge in [0.2, 0.25) is 8.32 Å². The highest BCUT2D eigenvalue weighted by Gasteiger charge is 2.48. The van der Waals surface area contributed by atoms with Gasteiger partial charge in [0.25, 0.3) is 0 Å². The first kappa shape index (κ1) is 32.7. The van der Waals surface area contributed by atoms with Gasteiger partial charge in [-0.3, -0.25) is 4.79 Å². The van der Waals surface area contributed by atoms with Gasteiger partial charge in [0, 0.05) is 12.5 Å². The van der Waals surface area contributed by atoms with Gasteiger partial charge in [-0.1, -0.05) is 139 Å². The second-order valence-electron chi connectivity index (χ2n) is 12.3. The molecule has 1 fully saturated rings. The number of esters is 1. The molecule has 1 unspecified atom stereocenters.